The van der Waals surface area contributed by atoms with E-state index in [0.29, 0.717) is 12.3 Å². The number of rotatable bonds is 7. The van der Waals surface area contributed by atoms with E-state index in [9.17, 15) is 19.3 Å². The summed E-state index contributed by atoms with van der Waals surface area (Å²) in [5.74, 6) is -0.328. The molecular weight excluding hydrogens is 341 g/mol. The molecule has 26 heavy (non-hydrogen) atoms. The Balaban J connectivity index is 2.09. The molecule has 0 aliphatic rings. The number of nitrogens with one attached hydrogen (secondary N) is 1. The number of ether oxygens (including phenoxy) is 1. The average molecular weight is 361 g/mol. The van der Waals surface area contributed by atoms with Crippen LogP contribution >= 0.6 is 0 Å². The van der Waals surface area contributed by atoms with Crippen LogP contribution in [0.25, 0.3) is 0 Å². The highest BCUT2D eigenvalue weighted by Gasteiger charge is 2.21. The molecule has 2 aromatic carbocycles. The van der Waals surface area contributed by atoms with Crippen LogP contribution in [0.2, 0.25) is 0 Å². The van der Waals surface area contributed by atoms with Gasteiger partial charge in [-0.3, -0.25) is 19.8 Å². The third kappa shape index (κ3) is 4.76. The molecule has 0 saturated carbocycles. The summed E-state index contributed by atoms with van der Waals surface area (Å²) >= 11 is 0. The van der Waals surface area contributed by atoms with Crippen LogP contribution in [0, 0.1) is 15.9 Å². The Bertz CT molecular complexity index is 796. The third-order valence-corrected chi connectivity index (χ3v) is 4.04. The zero-order chi connectivity index (χ0) is 19.3. The summed E-state index contributed by atoms with van der Waals surface area (Å²) in [6.07, 6.45) is 0. The second-order valence-corrected chi connectivity index (χ2v) is 5.85. The molecule has 0 bridgehead atoms. The van der Waals surface area contributed by atoms with Crippen molar-refractivity contribution in [3.05, 3.63) is 64.0 Å². The van der Waals surface area contributed by atoms with Gasteiger partial charge in [0.25, 0.3) is 5.69 Å². The first-order valence-electron chi connectivity index (χ1n) is 7.89. The molecule has 1 unspecified atom stereocenters. The summed E-state index contributed by atoms with van der Waals surface area (Å²) in [4.78, 5) is 24.7. The summed E-state index contributed by atoms with van der Waals surface area (Å²) in [7, 11) is 3.18. The maximum Gasteiger partial charge on any atom is 0.271 e. The lowest BCUT2D eigenvalue weighted by Gasteiger charge is -2.24. The first-order chi connectivity index (χ1) is 12.3. The van der Waals surface area contributed by atoms with E-state index in [0.717, 1.165) is 5.56 Å². The summed E-state index contributed by atoms with van der Waals surface area (Å²) in [5, 5.41) is 13.6. The Kier molecular flexibility index (Phi) is 6.24. The van der Waals surface area contributed by atoms with Crippen LogP contribution in [0.5, 0.6) is 5.75 Å². The van der Waals surface area contributed by atoms with E-state index in [2.05, 4.69) is 5.32 Å². The monoisotopic (exact) mass is 361 g/mol. The second-order valence-electron chi connectivity index (χ2n) is 5.85. The Morgan fingerprint density at radius 3 is 2.54 bits per heavy atom. The molecule has 1 amide bonds. The number of hydrogen-bond acceptors (Lipinski definition) is 5. The number of benzene rings is 2. The molecular formula is C18H20FN3O4. The number of carbonyl (C=O) groups excluding carboxylic acids is 1. The van der Waals surface area contributed by atoms with E-state index in [-0.39, 0.29) is 23.1 Å². The normalized spacial score (nSPS) is 11.9. The van der Waals surface area contributed by atoms with Crippen LogP contribution in [0.4, 0.5) is 15.8 Å². The minimum Gasteiger partial charge on any atom is -0.495 e. The Hall–Kier alpha value is -3.00. The molecule has 1 N–H and O–H groups in total. The van der Waals surface area contributed by atoms with E-state index in [1.807, 2.05) is 0 Å². The molecule has 0 spiro atoms. The predicted octanol–water partition coefficient (Wildman–Crippen LogP) is 3.20. The lowest BCUT2D eigenvalue weighted by Crippen LogP contribution is -2.39. The average Bonchev–Trinajstić information content (AvgIpc) is 2.62. The van der Waals surface area contributed by atoms with E-state index in [1.165, 1.54) is 37.4 Å². The number of likely N-dealkylation sites (N-methyl/N-ethyl adjacent to an activating group) is 1. The first kappa shape index (κ1) is 19.3. The summed E-state index contributed by atoms with van der Waals surface area (Å²) < 4.78 is 18.1. The van der Waals surface area contributed by atoms with Gasteiger partial charge in [-0.25, -0.2) is 4.39 Å². The zero-order valence-corrected chi connectivity index (χ0v) is 14.7. The standard InChI is InChI=1S/C18H20FN3O4/c1-12(21(2)11-13-4-6-14(19)7-5-13)18(23)20-16-10-15(22(24)25)8-9-17(16)26-3/h4-10,12H,11H2,1-3H3,(H,20,23). The van der Waals surface area contributed by atoms with Crippen LogP contribution < -0.4 is 10.1 Å². The highest BCUT2D eigenvalue weighted by Crippen LogP contribution is 2.29. The Morgan fingerprint density at radius 2 is 1.96 bits per heavy atom. The summed E-state index contributed by atoms with van der Waals surface area (Å²) in [6.45, 7) is 2.16. The van der Waals surface area contributed by atoms with E-state index < -0.39 is 11.0 Å². The van der Waals surface area contributed by atoms with Crippen molar-refractivity contribution in [2.45, 2.75) is 19.5 Å². The van der Waals surface area contributed by atoms with Gasteiger partial charge in [0.05, 0.1) is 23.8 Å². The summed E-state index contributed by atoms with van der Waals surface area (Å²) in [6, 6.07) is 9.50. The van der Waals surface area contributed by atoms with Crippen molar-refractivity contribution in [2.24, 2.45) is 0 Å². The topological polar surface area (TPSA) is 84.7 Å². The minimum absolute atomic E-state index is 0.145. The fraction of sp³-hybridized carbons (Fsp3) is 0.278. The lowest BCUT2D eigenvalue weighted by atomic mass is 10.1. The van der Waals surface area contributed by atoms with Crippen molar-refractivity contribution in [3.63, 3.8) is 0 Å². The molecule has 0 aliphatic carbocycles. The number of anilines is 1. The number of halogens is 1. The first-order valence-corrected chi connectivity index (χ1v) is 7.89. The number of non-ortho nitro benzene ring substituents is 1. The van der Waals surface area contributed by atoms with Gasteiger partial charge in [-0.1, -0.05) is 12.1 Å². The number of nitrogens with zero attached hydrogens (tertiary/aromatic N) is 2. The summed E-state index contributed by atoms with van der Waals surface area (Å²) in [5.41, 5.74) is 0.948. The highest BCUT2D eigenvalue weighted by molar-refractivity contribution is 5.96. The molecule has 0 aliphatic heterocycles. The van der Waals surface area contributed by atoms with Crippen molar-refractivity contribution in [3.8, 4) is 5.75 Å². The van der Waals surface area contributed by atoms with Gasteiger partial charge in [0.1, 0.15) is 11.6 Å². The lowest BCUT2D eigenvalue weighted by molar-refractivity contribution is -0.384. The van der Waals surface area contributed by atoms with E-state index in [1.54, 1.807) is 31.0 Å². The maximum atomic E-state index is 13.0. The predicted molar refractivity (Wildman–Crippen MR) is 95.6 cm³/mol. The van der Waals surface area contributed by atoms with Crippen molar-refractivity contribution in [1.82, 2.24) is 4.90 Å². The maximum absolute atomic E-state index is 13.0. The van der Waals surface area contributed by atoms with Gasteiger partial charge >= 0.3 is 0 Å². The molecule has 0 heterocycles. The molecule has 8 heteroatoms. The fourth-order valence-electron chi connectivity index (χ4n) is 2.36. The number of carbonyl (C=O) groups is 1. The number of nitro benzene ring substituents is 1. The van der Waals surface area contributed by atoms with Crippen LogP contribution in [0.1, 0.15) is 12.5 Å². The SMILES string of the molecule is COc1ccc([N+](=O)[O-])cc1NC(=O)C(C)N(C)Cc1ccc(F)cc1. The van der Waals surface area contributed by atoms with Crippen LogP contribution in [-0.2, 0) is 11.3 Å². The molecule has 138 valence electrons. The molecule has 2 aromatic rings. The number of amides is 1. The number of nitro groups is 1. The number of hydrogen-bond donors (Lipinski definition) is 1. The van der Waals surface area contributed by atoms with E-state index in [4.69, 9.17) is 4.74 Å². The van der Waals surface area contributed by atoms with Crippen LogP contribution in [0.3, 0.4) is 0 Å². The van der Waals surface area contributed by atoms with Gasteiger partial charge in [-0.15, -0.1) is 0 Å². The van der Waals surface area contributed by atoms with Crippen LogP contribution in [-0.4, -0.2) is 35.9 Å². The number of methoxy groups -OCH3 is 1. The molecule has 2 rings (SSSR count). The molecule has 7 nitrogen and oxygen atoms in total. The van der Waals surface area contributed by atoms with Gasteiger partial charge in [0.15, 0.2) is 0 Å². The second kappa shape index (κ2) is 8.39. The molecule has 0 radical (unpaired) electrons. The zero-order valence-electron chi connectivity index (χ0n) is 14.7. The van der Waals surface area contributed by atoms with Gasteiger partial charge in [0, 0.05) is 18.7 Å². The van der Waals surface area contributed by atoms with Gasteiger partial charge in [-0.2, -0.15) is 0 Å². The Morgan fingerprint density at radius 1 is 1.31 bits per heavy atom. The van der Waals surface area contributed by atoms with Gasteiger partial charge < -0.3 is 10.1 Å². The van der Waals surface area contributed by atoms with Gasteiger partial charge in [-0.05, 0) is 37.7 Å². The fourth-order valence-corrected chi connectivity index (χ4v) is 2.36. The third-order valence-electron chi connectivity index (χ3n) is 4.04. The van der Waals surface area contributed by atoms with Crippen molar-refractivity contribution in [1.29, 1.82) is 0 Å². The quantitative estimate of drug-likeness (QED) is 0.605. The highest BCUT2D eigenvalue weighted by atomic mass is 19.1. The van der Waals surface area contributed by atoms with Crippen molar-refractivity contribution >= 4 is 17.3 Å². The molecule has 0 fully saturated rings. The minimum atomic E-state index is -0.542. The largest absolute Gasteiger partial charge is 0.495 e. The Labute approximate surface area is 150 Å². The van der Waals surface area contributed by atoms with Gasteiger partial charge in [0.2, 0.25) is 5.91 Å². The molecule has 1 atom stereocenters. The van der Waals surface area contributed by atoms with Crippen LogP contribution in [0.15, 0.2) is 42.5 Å². The van der Waals surface area contributed by atoms with E-state index >= 15 is 0 Å². The van der Waals surface area contributed by atoms with Crippen molar-refractivity contribution < 1.29 is 18.8 Å². The molecule has 0 aromatic heterocycles. The smallest absolute Gasteiger partial charge is 0.271 e. The van der Waals surface area contributed by atoms with Crippen molar-refractivity contribution in [2.75, 3.05) is 19.5 Å². The molecule has 0 saturated heterocycles.